The van der Waals surface area contributed by atoms with Gasteiger partial charge in [0.15, 0.2) is 0 Å². The molecule has 0 radical (unpaired) electrons. The number of aromatic amines is 1. The summed E-state index contributed by atoms with van der Waals surface area (Å²) in [6.07, 6.45) is 5.03. The van der Waals surface area contributed by atoms with E-state index in [0.29, 0.717) is 5.56 Å². The van der Waals surface area contributed by atoms with Crippen molar-refractivity contribution < 1.29 is 4.79 Å². The van der Waals surface area contributed by atoms with Gasteiger partial charge in [-0.15, -0.1) is 11.3 Å². The summed E-state index contributed by atoms with van der Waals surface area (Å²) in [6, 6.07) is 16.4. The van der Waals surface area contributed by atoms with Crippen molar-refractivity contribution in [1.82, 2.24) is 15.2 Å². The number of nitrogens with two attached hydrogens (primary N) is 1. The van der Waals surface area contributed by atoms with E-state index in [1.807, 2.05) is 18.2 Å². The smallest absolute Gasteiger partial charge is 0.250 e. The summed E-state index contributed by atoms with van der Waals surface area (Å²) < 4.78 is 1.24. The van der Waals surface area contributed by atoms with Crippen LogP contribution in [0.3, 0.4) is 0 Å². The van der Waals surface area contributed by atoms with Gasteiger partial charge in [-0.3, -0.25) is 14.9 Å². The van der Waals surface area contributed by atoms with Crippen LogP contribution in [-0.2, 0) is 0 Å². The number of thiophene rings is 1. The van der Waals surface area contributed by atoms with Crippen LogP contribution in [0.2, 0.25) is 0 Å². The molecular formula is C21H14N4OS. The van der Waals surface area contributed by atoms with E-state index in [1.165, 1.54) is 16.3 Å². The van der Waals surface area contributed by atoms with Gasteiger partial charge in [0.2, 0.25) is 5.91 Å². The highest BCUT2D eigenvalue weighted by Crippen LogP contribution is 2.39. The van der Waals surface area contributed by atoms with Crippen molar-refractivity contribution in [1.29, 1.82) is 0 Å². The minimum absolute atomic E-state index is 0.392. The molecule has 5 nitrogen and oxygen atoms in total. The number of carbonyl (C=O) groups excluding carboxylic acids is 1. The van der Waals surface area contributed by atoms with Crippen LogP contribution in [0.4, 0.5) is 0 Å². The molecule has 0 atom stereocenters. The molecule has 3 N–H and O–H groups in total. The van der Waals surface area contributed by atoms with Crippen LogP contribution in [0.1, 0.15) is 10.4 Å². The van der Waals surface area contributed by atoms with Crippen molar-refractivity contribution in [3.8, 4) is 21.6 Å². The number of hydrogen-bond acceptors (Lipinski definition) is 4. The third kappa shape index (κ3) is 2.67. The molecule has 5 aromatic rings. The second-order valence-electron chi connectivity index (χ2n) is 6.33. The number of rotatable bonds is 3. The Labute approximate surface area is 158 Å². The molecule has 6 heteroatoms. The van der Waals surface area contributed by atoms with Gasteiger partial charge < -0.3 is 5.73 Å². The largest absolute Gasteiger partial charge is 0.366 e. The number of pyridine rings is 1. The van der Waals surface area contributed by atoms with Crippen molar-refractivity contribution >= 4 is 38.2 Å². The summed E-state index contributed by atoms with van der Waals surface area (Å²) in [6.45, 7) is 0. The Bertz CT molecular complexity index is 1290. The Hall–Kier alpha value is -3.51. The number of hydrogen-bond donors (Lipinski definition) is 2. The van der Waals surface area contributed by atoms with E-state index in [-0.39, 0.29) is 0 Å². The number of benzene rings is 2. The number of amides is 1. The average Bonchev–Trinajstić information content (AvgIpc) is 3.33. The van der Waals surface area contributed by atoms with Crippen molar-refractivity contribution in [2.45, 2.75) is 0 Å². The van der Waals surface area contributed by atoms with Gasteiger partial charge in [0, 0.05) is 38.5 Å². The molecule has 0 aliphatic carbocycles. The van der Waals surface area contributed by atoms with E-state index < -0.39 is 5.91 Å². The zero-order chi connectivity index (χ0) is 18.4. The molecular weight excluding hydrogens is 356 g/mol. The third-order valence-corrected chi connectivity index (χ3v) is 5.75. The lowest BCUT2D eigenvalue weighted by Crippen LogP contribution is -2.11. The zero-order valence-corrected chi connectivity index (χ0v) is 15.0. The minimum Gasteiger partial charge on any atom is -0.366 e. The number of H-pyrrole nitrogens is 1. The van der Waals surface area contributed by atoms with E-state index in [0.717, 1.165) is 32.5 Å². The average molecular weight is 370 g/mol. The normalized spacial score (nSPS) is 11.3. The maximum absolute atomic E-state index is 11.5. The molecule has 1 amide bonds. The molecule has 5 rings (SSSR count). The van der Waals surface area contributed by atoms with Crippen molar-refractivity contribution in [3.63, 3.8) is 0 Å². The lowest BCUT2D eigenvalue weighted by Gasteiger charge is -2.07. The van der Waals surface area contributed by atoms with Crippen molar-refractivity contribution in [3.05, 3.63) is 72.7 Å². The maximum atomic E-state index is 11.5. The van der Waals surface area contributed by atoms with E-state index in [4.69, 9.17) is 5.73 Å². The monoisotopic (exact) mass is 370 g/mol. The Morgan fingerprint density at radius 1 is 0.963 bits per heavy atom. The number of aromatic nitrogens is 3. The van der Waals surface area contributed by atoms with E-state index in [9.17, 15) is 4.79 Å². The predicted molar refractivity (Wildman–Crippen MR) is 109 cm³/mol. The lowest BCUT2D eigenvalue weighted by molar-refractivity contribution is 0.1000. The van der Waals surface area contributed by atoms with Crippen LogP contribution >= 0.6 is 11.3 Å². The summed E-state index contributed by atoms with van der Waals surface area (Å²) in [5, 5.41) is 9.54. The quantitative estimate of drug-likeness (QED) is 0.486. The van der Waals surface area contributed by atoms with Gasteiger partial charge in [0.05, 0.1) is 17.3 Å². The third-order valence-electron chi connectivity index (χ3n) is 4.60. The van der Waals surface area contributed by atoms with Crippen molar-refractivity contribution in [2.24, 2.45) is 5.73 Å². The highest BCUT2D eigenvalue weighted by molar-refractivity contribution is 7.22. The zero-order valence-electron chi connectivity index (χ0n) is 14.1. The fourth-order valence-electron chi connectivity index (χ4n) is 3.27. The maximum Gasteiger partial charge on any atom is 0.250 e. The first-order chi connectivity index (χ1) is 13.2. The molecule has 130 valence electrons. The van der Waals surface area contributed by atoms with Gasteiger partial charge in [-0.25, -0.2) is 0 Å². The molecule has 27 heavy (non-hydrogen) atoms. The van der Waals surface area contributed by atoms with Crippen LogP contribution in [0, 0.1) is 0 Å². The van der Waals surface area contributed by atoms with Gasteiger partial charge in [0.1, 0.15) is 0 Å². The summed E-state index contributed by atoms with van der Waals surface area (Å²) in [7, 11) is 0. The Kier molecular flexibility index (Phi) is 3.51. The first kappa shape index (κ1) is 15.7. The summed E-state index contributed by atoms with van der Waals surface area (Å²) in [5.41, 5.74) is 9.67. The first-order valence-corrected chi connectivity index (χ1v) is 9.22. The van der Waals surface area contributed by atoms with Crippen LogP contribution in [-0.4, -0.2) is 21.1 Å². The fourth-order valence-corrected chi connectivity index (χ4v) is 4.35. The topological polar surface area (TPSA) is 84.7 Å². The number of nitrogens with one attached hydrogen (secondary N) is 1. The summed E-state index contributed by atoms with van der Waals surface area (Å²) >= 11 is 1.74. The molecule has 0 saturated heterocycles. The van der Waals surface area contributed by atoms with Crippen LogP contribution < -0.4 is 5.73 Å². The highest BCUT2D eigenvalue weighted by Gasteiger charge is 2.13. The number of nitrogens with zero attached hydrogens (tertiary/aromatic N) is 2. The van der Waals surface area contributed by atoms with Gasteiger partial charge in [-0.1, -0.05) is 18.2 Å². The van der Waals surface area contributed by atoms with Gasteiger partial charge >= 0.3 is 0 Å². The number of primary amides is 1. The number of fused-ring (bicyclic) bond motifs is 2. The van der Waals surface area contributed by atoms with E-state index in [1.54, 1.807) is 29.8 Å². The molecule has 0 bridgehead atoms. The first-order valence-electron chi connectivity index (χ1n) is 8.40. The SMILES string of the molecule is NC(=O)c1cncc(-c2cc(-c3cc4ccccc4s3)c3[nH]ncc3c2)c1. The van der Waals surface area contributed by atoms with Gasteiger partial charge in [-0.2, -0.15) is 5.10 Å². The molecule has 0 spiro atoms. The number of carbonyl (C=O) groups is 1. The Morgan fingerprint density at radius 3 is 2.70 bits per heavy atom. The Morgan fingerprint density at radius 2 is 1.85 bits per heavy atom. The van der Waals surface area contributed by atoms with Crippen LogP contribution in [0.5, 0.6) is 0 Å². The molecule has 0 aliphatic heterocycles. The van der Waals surface area contributed by atoms with Crippen LogP contribution in [0.15, 0.2) is 67.1 Å². The molecule has 3 aromatic heterocycles. The molecule has 0 aliphatic rings. The minimum atomic E-state index is -0.488. The fraction of sp³-hybridized carbons (Fsp3) is 0. The standard InChI is InChI=1S/C21H14N4OS/c22-21(26)16-6-14(9-23-10-16)13-5-15-11-24-25-20(15)17(7-13)19-8-12-3-1-2-4-18(12)27-19/h1-11H,(H2,22,26)(H,24,25). The second-order valence-corrected chi connectivity index (χ2v) is 7.42. The van der Waals surface area contributed by atoms with Crippen molar-refractivity contribution in [2.75, 3.05) is 0 Å². The molecule has 0 fully saturated rings. The molecule has 2 aromatic carbocycles. The van der Waals surface area contributed by atoms with Gasteiger partial charge in [0.25, 0.3) is 0 Å². The second kappa shape index (κ2) is 6.03. The van der Waals surface area contributed by atoms with E-state index in [2.05, 4.69) is 39.4 Å². The molecule has 0 unspecified atom stereocenters. The van der Waals surface area contributed by atoms with Gasteiger partial charge in [-0.05, 0) is 41.3 Å². The van der Waals surface area contributed by atoms with Crippen LogP contribution in [0.25, 0.3) is 42.6 Å². The molecule has 3 heterocycles. The highest BCUT2D eigenvalue weighted by atomic mass is 32.1. The van der Waals surface area contributed by atoms with E-state index >= 15 is 0 Å². The summed E-state index contributed by atoms with van der Waals surface area (Å²) in [5.74, 6) is -0.488. The predicted octanol–water partition coefficient (Wildman–Crippen LogP) is 4.61. The lowest BCUT2D eigenvalue weighted by atomic mass is 9.99. The Balaban J connectivity index is 1.74. The molecule has 0 saturated carbocycles. The summed E-state index contributed by atoms with van der Waals surface area (Å²) in [4.78, 5) is 16.8.